The van der Waals surface area contributed by atoms with Crippen molar-refractivity contribution in [2.24, 2.45) is 0 Å². The molecule has 1 atom stereocenters. The Morgan fingerprint density at radius 1 is 1.24 bits per heavy atom. The average molecular weight is 294 g/mol. The molecule has 0 fully saturated rings. The number of ether oxygens (including phenoxy) is 1. The number of nitrogens with one attached hydrogen (secondary N) is 2. The highest BCUT2D eigenvalue weighted by molar-refractivity contribution is 5.84. The van der Waals surface area contributed by atoms with Crippen molar-refractivity contribution >= 4 is 18.0 Å². The van der Waals surface area contributed by atoms with E-state index in [1.54, 1.807) is 30.3 Å². The number of hydrogen-bond acceptors (Lipinski definition) is 4. The molecule has 1 aromatic carbocycles. The SMILES string of the molecule is COC(=O)C(NC(=O)NCCCC(=O)O)c1ccccc1. The van der Waals surface area contributed by atoms with Crippen LogP contribution in [-0.2, 0) is 14.3 Å². The van der Waals surface area contributed by atoms with Gasteiger partial charge in [0, 0.05) is 13.0 Å². The van der Waals surface area contributed by atoms with E-state index in [-0.39, 0.29) is 13.0 Å². The molecule has 0 saturated heterocycles. The van der Waals surface area contributed by atoms with Gasteiger partial charge in [-0.05, 0) is 12.0 Å². The van der Waals surface area contributed by atoms with E-state index < -0.39 is 24.0 Å². The van der Waals surface area contributed by atoms with Crippen molar-refractivity contribution in [1.82, 2.24) is 10.6 Å². The minimum atomic E-state index is -0.922. The number of urea groups is 1. The zero-order valence-corrected chi connectivity index (χ0v) is 11.7. The van der Waals surface area contributed by atoms with Crippen LogP contribution in [0.1, 0.15) is 24.4 Å². The molecule has 0 aliphatic carbocycles. The molecule has 2 amide bonds. The van der Waals surface area contributed by atoms with E-state index in [1.165, 1.54) is 7.11 Å². The third-order valence-corrected chi connectivity index (χ3v) is 2.70. The van der Waals surface area contributed by atoms with Crippen LogP contribution in [-0.4, -0.2) is 36.7 Å². The second kappa shape index (κ2) is 8.57. The minimum Gasteiger partial charge on any atom is -0.481 e. The first-order valence-electron chi connectivity index (χ1n) is 6.43. The van der Waals surface area contributed by atoms with Gasteiger partial charge in [0.15, 0.2) is 6.04 Å². The highest BCUT2D eigenvalue weighted by atomic mass is 16.5. The van der Waals surface area contributed by atoms with Crippen LogP contribution in [0.25, 0.3) is 0 Å². The Labute approximate surface area is 122 Å². The van der Waals surface area contributed by atoms with Gasteiger partial charge in [-0.1, -0.05) is 30.3 Å². The van der Waals surface area contributed by atoms with Crippen molar-refractivity contribution in [3.8, 4) is 0 Å². The summed E-state index contributed by atoms with van der Waals surface area (Å²) in [7, 11) is 1.24. The molecule has 0 aromatic heterocycles. The van der Waals surface area contributed by atoms with E-state index in [9.17, 15) is 14.4 Å². The summed E-state index contributed by atoms with van der Waals surface area (Å²) in [6, 6.07) is 7.23. The van der Waals surface area contributed by atoms with E-state index in [0.29, 0.717) is 12.0 Å². The van der Waals surface area contributed by atoms with Gasteiger partial charge in [0.1, 0.15) is 0 Å². The molecule has 0 aliphatic rings. The predicted octanol–water partition coefficient (Wildman–Crippen LogP) is 1.06. The Morgan fingerprint density at radius 2 is 1.90 bits per heavy atom. The van der Waals surface area contributed by atoms with E-state index in [4.69, 9.17) is 5.11 Å². The van der Waals surface area contributed by atoms with Crippen molar-refractivity contribution in [1.29, 1.82) is 0 Å². The molecule has 0 spiro atoms. The smallest absolute Gasteiger partial charge is 0.333 e. The van der Waals surface area contributed by atoms with Crippen molar-refractivity contribution in [2.75, 3.05) is 13.7 Å². The first-order chi connectivity index (χ1) is 10.0. The van der Waals surface area contributed by atoms with Gasteiger partial charge in [0.2, 0.25) is 0 Å². The fourth-order valence-electron chi connectivity index (χ4n) is 1.67. The normalized spacial score (nSPS) is 11.3. The monoisotopic (exact) mass is 294 g/mol. The van der Waals surface area contributed by atoms with Crippen LogP contribution in [0.15, 0.2) is 30.3 Å². The summed E-state index contributed by atoms with van der Waals surface area (Å²) < 4.78 is 4.67. The Bertz CT molecular complexity index is 489. The van der Waals surface area contributed by atoms with Gasteiger partial charge in [0.25, 0.3) is 0 Å². The van der Waals surface area contributed by atoms with Gasteiger partial charge in [-0.2, -0.15) is 0 Å². The number of esters is 1. The quantitative estimate of drug-likeness (QED) is 0.515. The number of carboxylic acid groups (broad SMARTS) is 1. The van der Waals surface area contributed by atoms with Crippen LogP contribution in [0.2, 0.25) is 0 Å². The topological polar surface area (TPSA) is 105 Å². The molecule has 7 nitrogen and oxygen atoms in total. The Balaban J connectivity index is 2.55. The number of carboxylic acids is 1. The Kier molecular flexibility index (Phi) is 6.73. The predicted molar refractivity (Wildman–Crippen MR) is 74.6 cm³/mol. The van der Waals surface area contributed by atoms with Gasteiger partial charge in [-0.15, -0.1) is 0 Å². The highest BCUT2D eigenvalue weighted by Gasteiger charge is 2.23. The molecule has 7 heteroatoms. The van der Waals surface area contributed by atoms with Crippen LogP contribution in [0.4, 0.5) is 4.79 Å². The Morgan fingerprint density at radius 3 is 2.48 bits per heavy atom. The molecule has 1 unspecified atom stereocenters. The van der Waals surface area contributed by atoms with Crippen LogP contribution in [0, 0.1) is 0 Å². The zero-order chi connectivity index (χ0) is 15.7. The fraction of sp³-hybridized carbons (Fsp3) is 0.357. The van der Waals surface area contributed by atoms with Crippen molar-refractivity contribution in [3.63, 3.8) is 0 Å². The van der Waals surface area contributed by atoms with Crippen LogP contribution in [0.3, 0.4) is 0 Å². The van der Waals surface area contributed by atoms with Crippen LogP contribution in [0.5, 0.6) is 0 Å². The number of hydrogen-bond donors (Lipinski definition) is 3. The number of amides is 2. The molecular formula is C14H18N2O5. The number of benzene rings is 1. The molecule has 0 aliphatic heterocycles. The number of aliphatic carboxylic acids is 1. The van der Waals surface area contributed by atoms with Gasteiger partial charge < -0.3 is 20.5 Å². The first kappa shape index (κ1) is 16.5. The summed E-state index contributed by atoms with van der Waals surface area (Å²) in [5, 5.41) is 13.5. The summed E-state index contributed by atoms with van der Waals surface area (Å²) in [4.78, 5) is 33.8. The van der Waals surface area contributed by atoms with Crippen molar-refractivity contribution in [2.45, 2.75) is 18.9 Å². The van der Waals surface area contributed by atoms with Crippen molar-refractivity contribution in [3.05, 3.63) is 35.9 Å². The van der Waals surface area contributed by atoms with Gasteiger partial charge in [-0.3, -0.25) is 4.79 Å². The standard InChI is InChI=1S/C14H18N2O5/c1-21-13(19)12(10-6-3-2-4-7-10)16-14(20)15-9-5-8-11(17)18/h2-4,6-7,12H,5,8-9H2,1H3,(H,17,18)(H2,15,16,20). The number of rotatable bonds is 7. The molecule has 0 bridgehead atoms. The summed E-state index contributed by atoms with van der Waals surface area (Å²) >= 11 is 0. The largest absolute Gasteiger partial charge is 0.481 e. The number of carbonyl (C=O) groups is 3. The summed E-state index contributed by atoms with van der Waals surface area (Å²) in [6.45, 7) is 0.209. The Hall–Kier alpha value is -2.57. The second-order valence-corrected chi connectivity index (χ2v) is 4.26. The van der Waals surface area contributed by atoms with E-state index in [2.05, 4.69) is 15.4 Å². The van der Waals surface area contributed by atoms with Crippen LogP contribution < -0.4 is 10.6 Å². The van der Waals surface area contributed by atoms with E-state index >= 15 is 0 Å². The molecule has 114 valence electrons. The first-order valence-corrected chi connectivity index (χ1v) is 6.43. The lowest BCUT2D eigenvalue weighted by Gasteiger charge is -2.17. The van der Waals surface area contributed by atoms with Gasteiger partial charge >= 0.3 is 18.0 Å². The number of carbonyl (C=O) groups excluding carboxylic acids is 2. The van der Waals surface area contributed by atoms with E-state index in [1.807, 2.05) is 0 Å². The molecule has 1 rings (SSSR count). The van der Waals surface area contributed by atoms with Gasteiger partial charge in [0.05, 0.1) is 7.11 Å². The minimum absolute atomic E-state index is 0.0284. The maximum atomic E-state index is 11.7. The average Bonchev–Trinajstić information content (AvgIpc) is 2.49. The van der Waals surface area contributed by atoms with Crippen molar-refractivity contribution < 1.29 is 24.2 Å². The van der Waals surface area contributed by atoms with Gasteiger partial charge in [-0.25, -0.2) is 9.59 Å². The lowest BCUT2D eigenvalue weighted by atomic mass is 10.1. The summed E-state index contributed by atoms with van der Waals surface area (Å²) in [5.41, 5.74) is 0.602. The zero-order valence-electron chi connectivity index (χ0n) is 11.7. The third kappa shape index (κ3) is 5.94. The molecule has 1 aromatic rings. The molecule has 0 saturated carbocycles. The maximum Gasteiger partial charge on any atom is 0.333 e. The molecule has 0 heterocycles. The van der Waals surface area contributed by atoms with Crippen LogP contribution >= 0.6 is 0 Å². The maximum absolute atomic E-state index is 11.7. The molecule has 0 radical (unpaired) electrons. The summed E-state index contributed by atoms with van der Waals surface area (Å²) in [6.07, 6.45) is 0.288. The fourth-order valence-corrected chi connectivity index (χ4v) is 1.67. The second-order valence-electron chi connectivity index (χ2n) is 4.26. The molecule has 3 N–H and O–H groups in total. The molecular weight excluding hydrogens is 276 g/mol. The third-order valence-electron chi connectivity index (χ3n) is 2.70. The number of methoxy groups -OCH3 is 1. The highest BCUT2D eigenvalue weighted by Crippen LogP contribution is 2.13. The molecule has 21 heavy (non-hydrogen) atoms. The summed E-state index contributed by atoms with van der Waals surface area (Å²) in [5.74, 6) is -1.50. The lowest BCUT2D eigenvalue weighted by Crippen LogP contribution is -2.41. The van der Waals surface area contributed by atoms with E-state index in [0.717, 1.165) is 0 Å². The lowest BCUT2D eigenvalue weighted by molar-refractivity contribution is -0.143.